The molecule has 2 aromatic rings. The number of amides is 1. The van der Waals surface area contributed by atoms with Gasteiger partial charge in [0.15, 0.2) is 5.78 Å². The monoisotopic (exact) mass is 406 g/mol. The lowest BCUT2D eigenvalue weighted by Gasteiger charge is -2.34. The second kappa shape index (κ2) is 9.43. The van der Waals surface area contributed by atoms with Gasteiger partial charge in [0.05, 0.1) is 7.11 Å². The van der Waals surface area contributed by atoms with Crippen LogP contribution in [-0.4, -0.2) is 54.8 Å². The van der Waals surface area contributed by atoms with Gasteiger partial charge >= 0.3 is 0 Å². The highest BCUT2D eigenvalue weighted by Gasteiger charge is 2.22. The van der Waals surface area contributed by atoms with Crippen LogP contribution in [0.25, 0.3) is 0 Å². The number of piperazine rings is 1. The Balaban J connectivity index is 1.21. The van der Waals surface area contributed by atoms with E-state index in [9.17, 15) is 9.59 Å². The molecule has 0 unspecified atom stereocenters. The number of ether oxygens (including phenoxy) is 1. The van der Waals surface area contributed by atoms with E-state index in [0.29, 0.717) is 12.8 Å². The molecular formula is C25H30N2O3. The molecule has 5 nitrogen and oxygen atoms in total. The average Bonchev–Trinajstić information content (AvgIpc) is 3.26. The number of fused-ring (bicyclic) bond motifs is 1. The number of Topliss-reactive ketones (excluding diaryl/α,β-unsaturated/α-hetero) is 1. The molecule has 2 aliphatic rings. The number of aryl methyl sites for hydroxylation is 2. The minimum atomic E-state index is 0.0798. The summed E-state index contributed by atoms with van der Waals surface area (Å²) >= 11 is 0. The molecule has 4 rings (SSSR count). The highest BCUT2D eigenvalue weighted by atomic mass is 16.5. The average molecular weight is 407 g/mol. The van der Waals surface area contributed by atoms with Gasteiger partial charge < -0.3 is 9.64 Å². The molecule has 0 spiro atoms. The highest BCUT2D eigenvalue weighted by Crippen LogP contribution is 2.23. The largest absolute Gasteiger partial charge is 0.497 e. The summed E-state index contributed by atoms with van der Waals surface area (Å²) in [5.41, 5.74) is 4.68. The van der Waals surface area contributed by atoms with Crippen LogP contribution in [0, 0.1) is 0 Å². The standard InChI is InChI=1S/C25H30N2O3/c1-30-23-9-5-19(6-10-23)18-26-13-15-27(16-14-26)25(29)12-11-24(28)22-8-7-20-3-2-4-21(20)17-22/h5-10,17H,2-4,11-16,18H2,1H3. The van der Waals surface area contributed by atoms with Gasteiger partial charge in [0.2, 0.25) is 5.91 Å². The molecule has 0 radical (unpaired) electrons. The number of nitrogens with zero attached hydrogens (tertiary/aromatic N) is 2. The van der Waals surface area contributed by atoms with E-state index in [-0.39, 0.29) is 11.7 Å². The highest BCUT2D eigenvalue weighted by molar-refractivity contribution is 5.98. The fourth-order valence-corrected chi connectivity index (χ4v) is 4.41. The molecule has 0 saturated carbocycles. The van der Waals surface area contributed by atoms with Gasteiger partial charge in [-0.25, -0.2) is 0 Å². The zero-order valence-electron chi connectivity index (χ0n) is 17.7. The van der Waals surface area contributed by atoms with Crippen molar-refractivity contribution in [3.63, 3.8) is 0 Å². The van der Waals surface area contributed by atoms with E-state index < -0.39 is 0 Å². The van der Waals surface area contributed by atoms with E-state index >= 15 is 0 Å². The molecule has 1 aliphatic carbocycles. The first-order chi connectivity index (χ1) is 14.6. The maximum atomic E-state index is 12.6. The minimum Gasteiger partial charge on any atom is -0.497 e. The molecule has 1 fully saturated rings. The van der Waals surface area contributed by atoms with Crippen LogP contribution in [0.1, 0.15) is 46.3 Å². The van der Waals surface area contributed by atoms with Crippen LogP contribution in [-0.2, 0) is 24.2 Å². The quantitative estimate of drug-likeness (QED) is 0.661. The maximum Gasteiger partial charge on any atom is 0.223 e. The minimum absolute atomic E-state index is 0.0798. The fraction of sp³-hybridized carbons (Fsp3) is 0.440. The number of methoxy groups -OCH3 is 1. The van der Waals surface area contributed by atoms with Gasteiger partial charge in [0, 0.05) is 51.1 Å². The second-order valence-electron chi connectivity index (χ2n) is 8.27. The van der Waals surface area contributed by atoms with Crippen LogP contribution in [0.3, 0.4) is 0 Å². The Kier molecular flexibility index (Phi) is 6.48. The first-order valence-electron chi connectivity index (χ1n) is 10.9. The van der Waals surface area contributed by atoms with Crippen molar-refractivity contribution in [3.8, 4) is 5.75 Å². The third-order valence-corrected chi connectivity index (χ3v) is 6.28. The summed E-state index contributed by atoms with van der Waals surface area (Å²) in [7, 11) is 1.67. The molecule has 1 heterocycles. The van der Waals surface area contributed by atoms with Crippen molar-refractivity contribution in [3.05, 3.63) is 64.7 Å². The zero-order valence-corrected chi connectivity index (χ0v) is 17.7. The van der Waals surface area contributed by atoms with E-state index in [4.69, 9.17) is 4.74 Å². The van der Waals surface area contributed by atoms with Crippen LogP contribution >= 0.6 is 0 Å². The Bertz CT molecular complexity index is 899. The maximum absolute atomic E-state index is 12.6. The van der Waals surface area contributed by atoms with Crippen molar-refractivity contribution < 1.29 is 14.3 Å². The molecule has 30 heavy (non-hydrogen) atoms. The number of hydrogen-bond donors (Lipinski definition) is 0. The third kappa shape index (κ3) is 4.90. The van der Waals surface area contributed by atoms with Crippen molar-refractivity contribution in [2.45, 2.75) is 38.6 Å². The topological polar surface area (TPSA) is 49.9 Å². The van der Waals surface area contributed by atoms with Crippen LogP contribution < -0.4 is 4.74 Å². The van der Waals surface area contributed by atoms with Gasteiger partial charge in [-0.15, -0.1) is 0 Å². The van der Waals surface area contributed by atoms with Crippen molar-refractivity contribution in [2.24, 2.45) is 0 Å². The van der Waals surface area contributed by atoms with Crippen LogP contribution in [0.2, 0.25) is 0 Å². The Morgan fingerprint density at radius 2 is 1.63 bits per heavy atom. The summed E-state index contributed by atoms with van der Waals surface area (Å²) in [6, 6.07) is 14.2. The first-order valence-corrected chi connectivity index (χ1v) is 10.9. The lowest BCUT2D eigenvalue weighted by atomic mass is 10.0. The van der Waals surface area contributed by atoms with Gasteiger partial charge in [-0.3, -0.25) is 14.5 Å². The molecule has 0 bridgehead atoms. The molecule has 0 N–H and O–H groups in total. The molecule has 5 heteroatoms. The van der Waals surface area contributed by atoms with Crippen molar-refractivity contribution in [1.29, 1.82) is 0 Å². The first kappa shape index (κ1) is 20.6. The summed E-state index contributed by atoms with van der Waals surface area (Å²) in [6.07, 6.45) is 3.96. The van der Waals surface area contributed by atoms with Gasteiger partial charge in [-0.1, -0.05) is 24.3 Å². The smallest absolute Gasteiger partial charge is 0.223 e. The van der Waals surface area contributed by atoms with E-state index in [1.807, 2.05) is 29.2 Å². The van der Waals surface area contributed by atoms with Crippen LogP contribution in [0.4, 0.5) is 0 Å². The number of benzene rings is 2. The van der Waals surface area contributed by atoms with Crippen molar-refractivity contribution in [1.82, 2.24) is 9.80 Å². The molecule has 0 aromatic heterocycles. The fourth-order valence-electron chi connectivity index (χ4n) is 4.41. The molecule has 158 valence electrons. The Morgan fingerprint density at radius 3 is 2.37 bits per heavy atom. The lowest BCUT2D eigenvalue weighted by Crippen LogP contribution is -2.48. The number of carbonyl (C=O) groups excluding carboxylic acids is 2. The van der Waals surface area contributed by atoms with E-state index in [0.717, 1.165) is 56.9 Å². The van der Waals surface area contributed by atoms with E-state index in [1.165, 1.54) is 23.1 Å². The van der Waals surface area contributed by atoms with Gasteiger partial charge in [0.1, 0.15) is 5.75 Å². The second-order valence-corrected chi connectivity index (χ2v) is 8.27. The normalized spacial score (nSPS) is 16.4. The molecule has 1 saturated heterocycles. The summed E-state index contributed by atoms with van der Waals surface area (Å²) in [5, 5.41) is 0. The third-order valence-electron chi connectivity index (χ3n) is 6.28. The Labute approximate surface area is 178 Å². The summed E-state index contributed by atoms with van der Waals surface area (Å²) < 4.78 is 5.21. The van der Waals surface area contributed by atoms with Crippen LogP contribution in [0.5, 0.6) is 5.75 Å². The predicted octanol–water partition coefficient (Wildman–Crippen LogP) is 3.49. The predicted molar refractivity (Wildman–Crippen MR) is 117 cm³/mol. The van der Waals surface area contributed by atoms with Crippen molar-refractivity contribution in [2.75, 3.05) is 33.3 Å². The lowest BCUT2D eigenvalue weighted by molar-refractivity contribution is -0.132. The molecular weight excluding hydrogens is 376 g/mol. The number of rotatable bonds is 7. The van der Waals surface area contributed by atoms with Crippen LogP contribution in [0.15, 0.2) is 42.5 Å². The SMILES string of the molecule is COc1ccc(CN2CCN(C(=O)CCC(=O)c3ccc4c(c3)CCC4)CC2)cc1. The molecule has 0 atom stereocenters. The number of hydrogen-bond acceptors (Lipinski definition) is 4. The number of carbonyl (C=O) groups is 2. The van der Waals surface area contributed by atoms with Gasteiger partial charge in [-0.05, 0) is 54.2 Å². The van der Waals surface area contributed by atoms with Crippen molar-refractivity contribution >= 4 is 11.7 Å². The summed E-state index contributed by atoms with van der Waals surface area (Å²) in [4.78, 5) is 29.4. The van der Waals surface area contributed by atoms with Gasteiger partial charge in [0.25, 0.3) is 0 Å². The van der Waals surface area contributed by atoms with E-state index in [2.05, 4.69) is 23.1 Å². The Morgan fingerprint density at radius 1 is 0.900 bits per heavy atom. The summed E-state index contributed by atoms with van der Waals surface area (Å²) in [6.45, 7) is 4.04. The zero-order chi connectivity index (χ0) is 20.9. The van der Waals surface area contributed by atoms with Gasteiger partial charge in [-0.2, -0.15) is 0 Å². The summed E-state index contributed by atoms with van der Waals surface area (Å²) in [5.74, 6) is 1.04. The Hall–Kier alpha value is -2.66. The molecule has 1 amide bonds. The molecule has 2 aromatic carbocycles. The molecule has 1 aliphatic heterocycles. The number of ketones is 1. The van der Waals surface area contributed by atoms with E-state index in [1.54, 1.807) is 7.11 Å².